The number of aromatic nitrogens is 2. The van der Waals surface area contributed by atoms with Crippen LogP contribution in [0.3, 0.4) is 0 Å². The summed E-state index contributed by atoms with van der Waals surface area (Å²) in [5.41, 5.74) is -1.38. The van der Waals surface area contributed by atoms with Gasteiger partial charge in [-0.2, -0.15) is 13.2 Å². The molecule has 7 nitrogen and oxygen atoms in total. The lowest BCUT2D eigenvalue weighted by Gasteiger charge is -2.34. The lowest BCUT2D eigenvalue weighted by Crippen LogP contribution is -2.53. The normalized spacial score (nSPS) is 21.8. The van der Waals surface area contributed by atoms with Crippen molar-refractivity contribution in [3.8, 4) is 0 Å². The molecule has 1 saturated heterocycles. The number of hydrogen-bond donors (Lipinski definition) is 0. The summed E-state index contributed by atoms with van der Waals surface area (Å²) >= 11 is 6.34. The quantitative estimate of drug-likeness (QED) is 0.715. The molecule has 1 saturated carbocycles. The van der Waals surface area contributed by atoms with Crippen molar-refractivity contribution < 1.29 is 27.5 Å². The van der Waals surface area contributed by atoms with Crippen molar-refractivity contribution in [2.24, 2.45) is 0 Å². The highest BCUT2D eigenvalue weighted by Gasteiger charge is 2.39. The molecule has 0 radical (unpaired) electrons. The van der Waals surface area contributed by atoms with Gasteiger partial charge in [-0.25, -0.2) is 4.98 Å². The molecule has 5 rings (SSSR count). The van der Waals surface area contributed by atoms with Gasteiger partial charge in [0, 0.05) is 31.2 Å². The van der Waals surface area contributed by atoms with Crippen LogP contribution < -0.4 is 0 Å². The van der Waals surface area contributed by atoms with Crippen molar-refractivity contribution in [1.29, 1.82) is 0 Å². The van der Waals surface area contributed by atoms with E-state index in [1.807, 2.05) is 0 Å². The van der Waals surface area contributed by atoms with E-state index in [1.54, 1.807) is 11.0 Å². The highest BCUT2D eigenvalue weighted by molar-refractivity contribution is 6.33. The molecule has 0 spiro atoms. The van der Waals surface area contributed by atoms with Crippen LogP contribution in [-0.2, 0) is 15.7 Å². The molecule has 164 valence electrons. The first-order valence-electron chi connectivity index (χ1n) is 9.89. The van der Waals surface area contributed by atoms with Crippen LogP contribution >= 0.6 is 11.6 Å². The molecule has 0 N–H and O–H groups in total. The highest BCUT2D eigenvalue weighted by atomic mass is 35.5. The Bertz CT molecular complexity index is 1110. The number of hydrogen-bond acceptors (Lipinski definition) is 4. The van der Waals surface area contributed by atoms with Gasteiger partial charge in [0.1, 0.15) is 11.7 Å². The molecular weight excluding hydrogens is 437 g/mol. The number of pyridine rings is 1. The third-order valence-electron chi connectivity index (χ3n) is 5.83. The van der Waals surface area contributed by atoms with E-state index in [0.29, 0.717) is 12.1 Å². The molecule has 2 aromatic heterocycles. The zero-order valence-corrected chi connectivity index (χ0v) is 17.0. The van der Waals surface area contributed by atoms with Crippen LogP contribution in [0.25, 0.3) is 5.65 Å². The van der Waals surface area contributed by atoms with Crippen LogP contribution in [-0.4, -0.2) is 63.3 Å². The van der Waals surface area contributed by atoms with Crippen molar-refractivity contribution in [3.05, 3.63) is 46.6 Å². The van der Waals surface area contributed by atoms with Crippen LogP contribution in [0.15, 0.2) is 24.6 Å². The Morgan fingerprint density at radius 1 is 1.26 bits per heavy atom. The maximum absolute atomic E-state index is 13.8. The van der Waals surface area contributed by atoms with E-state index in [4.69, 9.17) is 16.3 Å². The predicted molar refractivity (Wildman–Crippen MR) is 104 cm³/mol. The second-order valence-electron chi connectivity index (χ2n) is 7.94. The van der Waals surface area contributed by atoms with Gasteiger partial charge in [-0.05, 0) is 30.5 Å². The summed E-state index contributed by atoms with van der Waals surface area (Å²) in [7, 11) is 0. The number of amides is 2. The minimum atomic E-state index is -4.69. The lowest BCUT2D eigenvalue weighted by atomic mass is 10.0. The number of fused-ring (bicyclic) bond motifs is 1. The minimum Gasteiger partial charge on any atom is -0.501 e. The standard InChI is InChI=1S/C20H18ClF3N4O3/c21-17-16(19(30)26-4-5-27(13-1-2-13)15(29)9-26)25-18-14(20(22,23)24)7-12(8-28(17)18)11-3-6-31-10-11/h3,6-8,11,13H,1-2,4-5,9-10H2. The Kier molecular flexibility index (Phi) is 4.65. The predicted octanol–water partition coefficient (Wildman–Crippen LogP) is 3.08. The Morgan fingerprint density at radius 3 is 2.65 bits per heavy atom. The molecule has 3 aliphatic rings. The van der Waals surface area contributed by atoms with Crippen LogP contribution in [0.4, 0.5) is 13.2 Å². The number of halogens is 4. The molecule has 1 unspecified atom stereocenters. The molecule has 2 amide bonds. The topological polar surface area (TPSA) is 67.2 Å². The zero-order chi connectivity index (χ0) is 21.9. The van der Waals surface area contributed by atoms with Crippen molar-refractivity contribution in [2.75, 3.05) is 26.2 Å². The largest absolute Gasteiger partial charge is 0.501 e. The zero-order valence-electron chi connectivity index (χ0n) is 16.2. The second-order valence-corrected chi connectivity index (χ2v) is 8.30. The molecular formula is C20H18ClF3N4O3. The van der Waals surface area contributed by atoms with Gasteiger partial charge in [-0.15, -0.1) is 0 Å². The van der Waals surface area contributed by atoms with Crippen LogP contribution in [0.1, 0.15) is 40.4 Å². The van der Waals surface area contributed by atoms with Gasteiger partial charge in [0.15, 0.2) is 11.3 Å². The molecule has 1 aliphatic carbocycles. The van der Waals surface area contributed by atoms with E-state index in [9.17, 15) is 22.8 Å². The van der Waals surface area contributed by atoms with Crippen molar-refractivity contribution in [2.45, 2.75) is 31.0 Å². The summed E-state index contributed by atoms with van der Waals surface area (Å²) < 4.78 is 47.5. The van der Waals surface area contributed by atoms with Crippen LogP contribution in [0.2, 0.25) is 5.15 Å². The first-order chi connectivity index (χ1) is 14.7. The monoisotopic (exact) mass is 454 g/mol. The molecule has 1 atom stereocenters. The Hall–Kier alpha value is -2.75. The van der Waals surface area contributed by atoms with Crippen molar-refractivity contribution >= 4 is 29.1 Å². The molecule has 31 heavy (non-hydrogen) atoms. The van der Waals surface area contributed by atoms with E-state index < -0.39 is 23.3 Å². The van der Waals surface area contributed by atoms with E-state index in [1.165, 1.54) is 17.4 Å². The Morgan fingerprint density at radius 2 is 2.03 bits per heavy atom. The summed E-state index contributed by atoms with van der Waals surface area (Å²) in [5.74, 6) is -1.19. The summed E-state index contributed by atoms with van der Waals surface area (Å²) in [6, 6.07) is 1.25. The van der Waals surface area contributed by atoms with Crippen molar-refractivity contribution in [3.63, 3.8) is 0 Å². The van der Waals surface area contributed by atoms with E-state index in [2.05, 4.69) is 4.98 Å². The highest BCUT2D eigenvalue weighted by Crippen LogP contribution is 2.37. The molecule has 0 bridgehead atoms. The molecule has 11 heteroatoms. The van der Waals surface area contributed by atoms with Crippen molar-refractivity contribution in [1.82, 2.24) is 19.2 Å². The maximum Gasteiger partial charge on any atom is 0.419 e. The van der Waals surface area contributed by atoms with Gasteiger partial charge in [0.2, 0.25) is 5.91 Å². The van der Waals surface area contributed by atoms with Gasteiger partial charge >= 0.3 is 6.18 Å². The Labute approximate surface area is 180 Å². The van der Waals surface area contributed by atoms with Gasteiger partial charge in [-0.3, -0.25) is 14.0 Å². The fraction of sp³-hybridized carbons (Fsp3) is 0.450. The Balaban J connectivity index is 1.52. The fourth-order valence-corrected chi connectivity index (χ4v) is 4.29. The molecule has 2 fully saturated rings. The van der Waals surface area contributed by atoms with Gasteiger partial charge in [-0.1, -0.05) is 11.6 Å². The number of carbonyl (C=O) groups is 2. The average Bonchev–Trinajstić information content (AvgIpc) is 3.30. The number of alkyl halides is 3. The first kappa shape index (κ1) is 20.2. The molecule has 0 aromatic carbocycles. The number of imidazole rings is 1. The number of carbonyl (C=O) groups excluding carboxylic acids is 2. The smallest absolute Gasteiger partial charge is 0.419 e. The van der Waals surface area contributed by atoms with Gasteiger partial charge in [0.05, 0.1) is 18.4 Å². The minimum absolute atomic E-state index is 0.138. The summed E-state index contributed by atoms with van der Waals surface area (Å²) in [6.45, 7) is 0.758. The van der Waals surface area contributed by atoms with Gasteiger partial charge < -0.3 is 14.5 Å². The maximum atomic E-state index is 13.8. The second kappa shape index (κ2) is 7.15. The summed E-state index contributed by atoms with van der Waals surface area (Å²) in [4.78, 5) is 32.4. The SMILES string of the molecule is O=C(c1nc2c(C(F)(F)F)cc(C3C=COC3)cn2c1Cl)N1CCN(C2CC2)C(=O)C1. The van der Waals surface area contributed by atoms with E-state index in [0.717, 1.165) is 23.3 Å². The fourth-order valence-electron chi connectivity index (χ4n) is 4.04. The molecule has 2 aromatic rings. The van der Waals surface area contributed by atoms with Gasteiger partial charge in [0.25, 0.3) is 5.91 Å². The summed E-state index contributed by atoms with van der Waals surface area (Å²) in [6.07, 6.45) is 1.76. The lowest BCUT2D eigenvalue weighted by molar-refractivity contribution is -0.137. The summed E-state index contributed by atoms with van der Waals surface area (Å²) in [5, 5.41) is -0.215. The first-order valence-corrected chi connectivity index (χ1v) is 10.3. The van der Waals surface area contributed by atoms with Crippen LogP contribution in [0, 0.1) is 0 Å². The average molecular weight is 455 g/mol. The third kappa shape index (κ3) is 3.52. The number of rotatable bonds is 3. The number of ether oxygens (including phenoxy) is 1. The number of nitrogens with zero attached hydrogens (tertiary/aromatic N) is 4. The van der Waals surface area contributed by atoms with E-state index >= 15 is 0 Å². The molecule has 4 heterocycles. The van der Waals surface area contributed by atoms with Crippen LogP contribution in [0.5, 0.6) is 0 Å². The third-order valence-corrected chi connectivity index (χ3v) is 6.20. The van der Waals surface area contributed by atoms with E-state index in [-0.39, 0.29) is 48.4 Å². The number of piperazine rings is 1. The molecule has 2 aliphatic heterocycles.